The molecule has 1 aliphatic carbocycles. The van der Waals surface area contributed by atoms with E-state index in [1.165, 1.54) is 6.42 Å². The monoisotopic (exact) mass is 456 g/mol. The molecule has 0 spiro atoms. The van der Waals surface area contributed by atoms with Gasteiger partial charge < -0.3 is 14.8 Å². The van der Waals surface area contributed by atoms with Crippen LogP contribution in [0.15, 0.2) is 48.5 Å². The van der Waals surface area contributed by atoms with Crippen LogP contribution in [0, 0.1) is 0 Å². The van der Waals surface area contributed by atoms with Crippen molar-refractivity contribution in [2.24, 2.45) is 0 Å². The summed E-state index contributed by atoms with van der Waals surface area (Å²) >= 11 is 0. The van der Waals surface area contributed by atoms with Crippen LogP contribution in [-0.2, 0) is 6.54 Å². The zero-order chi connectivity index (χ0) is 23.7. The van der Waals surface area contributed by atoms with E-state index in [1.54, 1.807) is 18.2 Å². The van der Waals surface area contributed by atoms with Crippen molar-refractivity contribution in [2.75, 3.05) is 0 Å². The molecular formula is C26H24N4O4. The zero-order valence-corrected chi connectivity index (χ0v) is 18.5. The fourth-order valence-electron chi connectivity index (χ4n) is 4.88. The smallest absolute Gasteiger partial charge is 0.336 e. The van der Waals surface area contributed by atoms with Gasteiger partial charge >= 0.3 is 5.97 Å². The Morgan fingerprint density at radius 3 is 2.47 bits per heavy atom. The molecule has 0 atom stereocenters. The first-order valence-corrected chi connectivity index (χ1v) is 11.4. The van der Waals surface area contributed by atoms with Gasteiger partial charge in [-0.3, -0.25) is 4.79 Å². The second kappa shape index (κ2) is 9.05. The molecule has 0 radical (unpaired) electrons. The van der Waals surface area contributed by atoms with E-state index < -0.39 is 5.97 Å². The predicted octanol–water partition coefficient (Wildman–Crippen LogP) is 4.81. The highest BCUT2D eigenvalue weighted by Crippen LogP contribution is 2.36. The van der Waals surface area contributed by atoms with Gasteiger partial charge in [0.15, 0.2) is 12.0 Å². The van der Waals surface area contributed by atoms with Crippen molar-refractivity contribution in [3.8, 4) is 17.0 Å². The predicted molar refractivity (Wildman–Crippen MR) is 126 cm³/mol. The van der Waals surface area contributed by atoms with E-state index in [0.29, 0.717) is 29.4 Å². The summed E-state index contributed by atoms with van der Waals surface area (Å²) in [6, 6.07) is 14.6. The van der Waals surface area contributed by atoms with Gasteiger partial charge in [0.25, 0.3) is 5.88 Å². The number of benzene rings is 2. The minimum atomic E-state index is -0.968. The maximum atomic E-state index is 11.6. The van der Waals surface area contributed by atoms with E-state index in [-0.39, 0.29) is 23.1 Å². The highest BCUT2D eigenvalue weighted by Gasteiger charge is 2.26. The fourth-order valence-corrected chi connectivity index (χ4v) is 4.88. The molecule has 172 valence electrons. The van der Waals surface area contributed by atoms with Gasteiger partial charge in [0.05, 0.1) is 5.56 Å². The van der Waals surface area contributed by atoms with Crippen molar-refractivity contribution < 1.29 is 19.8 Å². The Morgan fingerprint density at radius 2 is 1.76 bits per heavy atom. The number of aromatic nitrogens is 4. The van der Waals surface area contributed by atoms with E-state index in [9.17, 15) is 19.8 Å². The van der Waals surface area contributed by atoms with Gasteiger partial charge in [-0.15, -0.1) is 10.2 Å². The average Bonchev–Trinajstić information content (AvgIpc) is 3.25. The Kier molecular flexibility index (Phi) is 5.79. The summed E-state index contributed by atoms with van der Waals surface area (Å²) in [6.45, 7) is 0.431. The Balaban J connectivity index is 1.56. The molecule has 2 N–H and O–H groups in total. The summed E-state index contributed by atoms with van der Waals surface area (Å²) in [5, 5.41) is 27.6. The van der Waals surface area contributed by atoms with Crippen molar-refractivity contribution in [1.82, 2.24) is 19.7 Å². The number of aldehydes is 1. The Labute approximate surface area is 195 Å². The van der Waals surface area contributed by atoms with E-state index >= 15 is 0 Å². The topological polar surface area (TPSA) is 118 Å². The van der Waals surface area contributed by atoms with Crippen molar-refractivity contribution in [3.63, 3.8) is 0 Å². The molecule has 0 amide bonds. The van der Waals surface area contributed by atoms with Crippen LogP contribution in [0.25, 0.3) is 22.2 Å². The van der Waals surface area contributed by atoms with Crippen LogP contribution in [0.5, 0.6) is 5.88 Å². The minimum absolute atomic E-state index is 0.115. The molecule has 8 heteroatoms. The molecule has 0 unspecified atom stereocenters. The number of imidazole rings is 1. The highest BCUT2D eigenvalue weighted by molar-refractivity contribution is 5.96. The van der Waals surface area contributed by atoms with Gasteiger partial charge in [-0.2, -0.15) is 0 Å². The Hall–Kier alpha value is -4.07. The third-order valence-corrected chi connectivity index (χ3v) is 6.55. The molecule has 0 bridgehead atoms. The number of rotatable bonds is 6. The standard InChI is InChI=1S/C26H24N4O4/c31-15-21-22-23(25(32)29-28-21)30(24(27-22)18-6-2-1-3-7-18)14-16-10-12-17(13-11-16)19-8-4-5-9-20(19)26(33)34/h4-5,8-13,15,18H,1-3,6-7,14H2,(H,29,32)(H,33,34). The van der Waals surface area contributed by atoms with Gasteiger partial charge in [-0.1, -0.05) is 61.7 Å². The molecule has 0 aliphatic heterocycles. The third-order valence-electron chi connectivity index (χ3n) is 6.55. The average molecular weight is 457 g/mol. The lowest BCUT2D eigenvalue weighted by molar-refractivity contribution is 0.0697. The molecule has 1 fully saturated rings. The van der Waals surface area contributed by atoms with Gasteiger partial charge in [0.1, 0.15) is 16.9 Å². The van der Waals surface area contributed by atoms with Gasteiger partial charge in [0.2, 0.25) is 0 Å². The zero-order valence-electron chi connectivity index (χ0n) is 18.5. The second-order valence-corrected chi connectivity index (χ2v) is 8.66. The first-order chi connectivity index (χ1) is 16.6. The number of aromatic hydroxyl groups is 1. The van der Waals surface area contributed by atoms with E-state index in [0.717, 1.165) is 42.6 Å². The maximum absolute atomic E-state index is 11.6. The number of carbonyl (C=O) groups is 2. The lowest BCUT2D eigenvalue weighted by Gasteiger charge is -2.22. The fraction of sp³-hybridized carbons (Fsp3) is 0.269. The summed E-state index contributed by atoms with van der Waals surface area (Å²) in [6.07, 6.45) is 6.07. The molecule has 2 aromatic carbocycles. The SMILES string of the molecule is O=Cc1nnc(O)c2c1nc(C1CCCCC1)n2Cc1ccc(-c2ccccc2C(=O)O)cc1. The summed E-state index contributed by atoms with van der Waals surface area (Å²) in [7, 11) is 0. The molecule has 2 heterocycles. The number of carbonyl (C=O) groups excluding carboxylic acids is 1. The number of hydrogen-bond donors (Lipinski definition) is 2. The van der Waals surface area contributed by atoms with E-state index in [1.807, 2.05) is 34.9 Å². The number of nitrogens with zero attached hydrogens (tertiary/aromatic N) is 4. The van der Waals surface area contributed by atoms with Gasteiger partial charge in [-0.25, -0.2) is 9.78 Å². The molecular weight excluding hydrogens is 432 g/mol. The number of hydrogen-bond acceptors (Lipinski definition) is 6. The lowest BCUT2D eigenvalue weighted by atomic mass is 9.88. The quantitative estimate of drug-likeness (QED) is 0.400. The normalized spacial score (nSPS) is 14.4. The molecule has 5 rings (SSSR count). The molecule has 2 aromatic heterocycles. The summed E-state index contributed by atoms with van der Waals surface area (Å²) in [4.78, 5) is 27.9. The molecule has 4 aromatic rings. The van der Waals surface area contributed by atoms with Crippen molar-refractivity contribution in [2.45, 2.75) is 44.6 Å². The van der Waals surface area contributed by atoms with Crippen molar-refractivity contribution >= 4 is 23.3 Å². The molecule has 1 saturated carbocycles. The number of aromatic carboxylic acids is 1. The number of carboxylic acids is 1. The van der Waals surface area contributed by atoms with Crippen LogP contribution in [0.4, 0.5) is 0 Å². The van der Waals surface area contributed by atoms with E-state index in [2.05, 4.69) is 10.2 Å². The third kappa shape index (κ3) is 3.91. The van der Waals surface area contributed by atoms with Crippen LogP contribution < -0.4 is 0 Å². The summed E-state index contributed by atoms with van der Waals surface area (Å²) in [5.41, 5.74) is 3.57. The highest BCUT2D eigenvalue weighted by atomic mass is 16.4. The molecule has 1 aliphatic rings. The molecule has 34 heavy (non-hydrogen) atoms. The minimum Gasteiger partial charge on any atom is -0.491 e. The maximum Gasteiger partial charge on any atom is 0.336 e. The molecule has 8 nitrogen and oxygen atoms in total. The van der Waals surface area contributed by atoms with Crippen LogP contribution in [0.3, 0.4) is 0 Å². The first kappa shape index (κ1) is 21.8. The van der Waals surface area contributed by atoms with Crippen molar-refractivity contribution in [3.05, 3.63) is 71.2 Å². The van der Waals surface area contributed by atoms with Crippen LogP contribution in [0.2, 0.25) is 0 Å². The Morgan fingerprint density at radius 1 is 1.03 bits per heavy atom. The van der Waals surface area contributed by atoms with Crippen LogP contribution >= 0.6 is 0 Å². The lowest BCUT2D eigenvalue weighted by Crippen LogP contribution is -2.13. The molecule has 0 saturated heterocycles. The first-order valence-electron chi connectivity index (χ1n) is 11.4. The summed E-state index contributed by atoms with van der Waals surface area (Å²) in [5.74, 6) is -0.142. The van der Waals surface area contributed by atoms with Gasteiger partial charge in [-0.05, 0) is 35.6 Å². The van der Waals surface area contributed by atoms with Crippen LogP contribution in [0.1, 0.15) is 70.3 Å². The summed E-state index contributed by atoms with van der Waals surface area (Å²) < 4.78 is 1.95. The van der Waals surface area contributed by atoms with Crippen molar-refractivity contribution in [1.29, 1.82) is 0 Å². The number of carboxylic acid groups (broad SMARTS) is 1. The van der Waals surface area contributed by atoms with Gasteiger partial charge in [0, 0.05) is 12.5 Å². The Bertz CT molecular complexity index is 1370. The van der Waals surface area contributed by atoms with E-state index in [4.69, 9.17) is 4.98 Å². The number of fused-ring (bicyclic) bond motifs is 1. The largest absolute Gasteiger partial charge is 0.491 e. The van der Waals surface area contributed by atoms with Crippen LogP contribution in [-0.4, -0.2) is 42.2 Å². The second-order valence-electron chi connectivity index (χ2n) is 8.66.